The van der Waals surface area contributed by atoms with Crippen LogP contribution < -0.4 is 15.1 Å². The van der Waals surface area contributed by atoms with Crippen LogP contribution in [0.5, 0.6) is 0 Å². The summed E-state index contributed by atoms with van der Waals surface area (Å²) in [5, 5.41) is 4.02. The molecule has 0 aliphatic carbocycles. The van der Waals surface area contributed by atoms with E-state index in [1.165, 1.54) is 6.20 Å². The highest BCUT2D eigenvalue weighted by Crippen LogP contribution is 2.39. The van der Waals surface area contributed by atoms with Gasteiger partial charge in [-0.05, 0) is 51.1 Å². The van der Waals surface area contributed by atoms with Crippen molar-refractivity contribution in [2.45, 2.75) is 32.9 Å². The Morgan fingerprint density at radius 3 is 2.68 bits per heavy atom. The molecular weight excluding hydrogens is 431 g/mol. The number of carbonyl (C=O) groups is 1. The van der Waals surface area contributed by atoms with Gasteiger partial charge in [-0.2, -0.15) is 0 Å². The molecule has 0 saturated heterocycles. The maximum Gasteiger partial charge on any atom is 0.249 e. The lowest BCUT2D eigenvalue weighted by molar-refractivity contribution is -0.119. The third-order valence-electron chi connectivity index (χ3n) is 6.18. The van der Waals surface area contributed by atoms with E-state index < -0.39 is 5.82 Å². The Balaban J connectivity index is 1.54. The lowest BCUT2D eigenvalue weighted by Crippen LogP contribution is -2.53. The van der Waals surface area contributed by atoms with Crippen LogP contribution in [-0.2, 0) is 4.79 Å². The second kappa shape index (κ2) is 8.37. The molecule has 0 spiro atoms. The largest absolute Gasteiger partial charge is 0.356 e. The van der Waals surface area contributed by atoms with Crippen LogP contribution in [0.25, 0.3) is 22.2 Å². The van der Waals surface area contributed by atoms with Gasteiger partial charge >= 0.3 is 0 Å². The maximum absolute atomic E-state index is 14.8. The molecule has 8 heteroatoms. The number of aromatic nitrogens is 3. The first-order valence-electron chi connectivity index (χ1n) is 11.2. The molecule has 0 fully saturated rings. The van der Waals surface area contributed by atoms with Gasteiger partial charge in [-0.25, -0.2) is 14.4 Å². The average Bonchev–Trinajstić information content (AvgIpc) is 2.83. The van der Waals surface area contributed by atoms with Crippen LogP contribution >= 0.6 is 0 Å². The number of hydrogen-bond acceptors (Lipinski definition) is 6. The van der Waals surface area contributed by atoms with E-state index in [0.29, 0.717) is 5.56 Å². The molecule has 34 heavy (non-hydrogen) atoms. The molecule has 1 N–H and O–H groups in total. The fourth-order valence-corrected chi connectivity index (χ4v) is 4.60. The van der Waals surface area contributed by atoms with Crippen molar-refractivity contribution in [1.82, 2.24) is 15.0 Å². The van der Waals surface area contributed by atoms with Gasteiger partial charge in [0.25, 0.3) is 0 Å². The second-order valence-electron chi connectivity index (χ2n) is 8.67. The Bertz CT molecular complexity index is 1400. The van der Waals surface area contributed by atoms with Crippen molar-refractivity contribution in [3.8, 4) is 11.3 Å². The molecule has 2 aromatic heterocycles. The van der Waals surface area contributed by atoms with Gasteiger partial charge in [-0.3, -0.25) is 9.78 Å². The van der Waals surface area contributed by atoms with Gasteiger partial charge in [0.15, 0.2) is 5.82 Å². The third kappa shape index (κ3) is 3.61. The summed E-state index contributed by atoms with van der Waals surface area (Å²) >= 11 is 0. The smallest absolute Gasteiger partial charge is 0.249 e. The molecule has 172 valence electrons. The highest BCUT2D eigenvalue weighted by molar-refractivity contribution is 6.05. The third-order valence-corrected chi connectivity index (χ3v) is 6.18. The van der Waals surface area contributed by atoms with Gasteiger partial charge in [0.1, 0.15) is 11.7 Å². The van der Waals surface area contributed by atoms with Crippen LogP contribution in [0.2, 0.25) is 0 Å². The number of rotatable bonds is 4. The molecule has 1 atom stereocenters. The molecule has 0 bridgehead atoms. The minimum atomic E-state index is -0.507. The van der Waals surface area contributed by atoms with E-state index in [1.54, 1.807) is 18.1 Å². The van der Waals surface area contributed by atoms with Gasteiger partial charge in [-0.15, -0.1) is 0 Å². The minimum Gasteiger partial charge on any atom is -0.356 e. The number of benzene rings is 2. The summed E-state index contributed by atoms with van der Waals surface area (Å²) in [6, 6.07) is 14.9. The molecule has 1 amide bonds. The van der Waals surface area contributed by atoms with Crippen molar-refractivity contribution >= 4 is 39.8 Å². The van der Waals surface area contributed by atoms with Crippen molar-refractivity contribution in [2.75, 3.05) is 22.2 Å². The molecule has 1 unspecified atom stereocenters. The summed E-state index contributed by atoms with van der Waals surface area (Å²) in [6.45, 7) is 6.04. The number of hydrogen-bond donors (Lipinski definition) is 1. The fraction of sp³-hybridized carbons (Fsp3) is 0.231. The number of halogens is 1. The minimum absolute atomic E-state index is 0.0537. The van der Waals surface area contributed by atoms with E-state index in [0.717, 1.165) is 28.0 Å². The number of nitrogens with zero attached hydrogens (tertiary/aromatic N) is 5. The summed E-state index contributed by atoms with van der Waals surface area (Å²) in [5.74, 6) is -0.174. The number of nitrogens with one attached hydrogen (secondary N) is 1. The van der Waals surface area contributed by atoms with E-state index in [4.69, 9.17) is 0 Å². The van der Waals surface area contributed by atoms with Crippen LogP contribution in [0.3, 0.4) is 0 Å². The summed E-state index contributed by atoms with van der Waals surface area (Å²) < 4.78 is 14.8. The fourth-order valence-electron chi connectivity index (χ4n) is 4.60. The highest BCUT2D eigenvalue weighted by Gasteiger charge is 2.35. The van der Waals surface area contributed by atoms with E-state index in [1.807, 2.05) is 55.5 Å². The first-order chi connectivity index (χ1) is 16.3. The molecule has 0 saturated carbocycles. The normalized spacial score (nSPS) is 15.7. The van der Waals surface area contributed by atoms with Gasteiger partial charge < -0.3 is 15.1 Å². The van der Waals surface area contributed by atoms with Crippen molar-refractivity contribution < 1.29 is 9.18 Å². The van der Waals surface area contributed by atoms with Gasteiger partial charge in [0.05, 0.1) is 23.1 Å². The lowest BCUT2D eigenvalue weighted by atomic mass is 10.0. The van der Waals surface area contributed by atoms with Crippen LogP contribution in [0.1, 0.15) is 20.8 Å². The number of carbonyl (C=O) groups excluding carboxylic acids is 1. The molecule has 0 radical (unpaired) electrons. The number of anilines is 4. The maximum atomic E-state index is 14.8. The molecule has 3 heterocycles. The molecule has 5 rings (SSSR count). The Morgan fingerprint density at radius 1 is 1.06 bits per heavy atom. The number of fused-ring (bicyclic) bond motifs is 2. The standard InChI is InChI=1S/C26H25FN6O/c1-15(2)33-16(3)25(34)32(4)22-11-10-17(13-23(22)33)30-26-29-14-20(27)24(31-26)19-7-5-9-21-18(19)8-6-12-28-21/h5-16H,1-4H3,(H,29,30,31). The van der Waals surface area contributed by atoms with Crippen molar-refractivity contribution in [2.24, 2.45) is 0 Å². The van der Waals surface area contributed by atoms with E-state index in [9.17, 15) is 9.18 Å². The molecular formula is C26H25FN6O. The van der Waals surface area contributed by atoms with Gasteiger partial charge in [0, 0.05) is 35.9 Å². The van der Waals surface area contributed by atoms with Crippen molar-refractivity contribution in [3.05, 3.63) is 66.7 Å². The zero-order chi connectivity index (χ0) is 24.0. The number of pyridine rings is 1. The summed E-state index contributed by atoms with van der Waals surface area (Å²) in [7, 11) is 1.79. The summed E-state index contributed by atoms with van der Waals surface area (Å²) in [5.41, 5.74) is 4.15. The Labute approximate surface area is 197 Å². The average molecular weight is 457 g/mol. The van der Waals surface area contributed by atoms with Crippen LogP contribution in [0.15, 0.2) is 60.9 Å². The predicted octanol–water partition coefficient (Wildman–Crippen LogP) is 5.15. The number of amides is 1. The Morgan fingerprint density at radius 2 is 1.88 bits per heavy atom. The molecule has 1 aliphatic heterocycles. The second-order valence-corrected chi connectivity index (χ2v) is 8.67. The van der Waals surface area contributed by atoms with Gasteiger partial charge in [0.2, 0.25) is 11.9 Å². The van der Waals surface area contributed by atoms with Gasteiger partial charge in [-0.1, -0.05) is 18.2 Å². The molecule has 1 aliphatic rings. The Kier molecular flexibility index (Phi) is 5.36. The monoisotopic (exact) mass is 456 g/mol. The van der Waals surface area contributed by atoms with Crippen molar-refractivity contribution in [3.63, 3.8) is 0 Å². The first-order valence-corrected chi connectivity index (χ1v) is 11.2. The van der Waals surface area contributed by atoms with Crippen LogP contribution in [0.4, 0.5) is 27.4 Å². The zero-order valence-corrected chi connectivity index (χ0v) is 19.5. The van der Waals surface area contributed by atoms with Crippen LogP contribution in [-0.4, -0.2) is 40.0 Å². The number of likely N-dealkylation sites (N-methyl/N-ethyl adjacent to an activating group) is 1. The van der Waals surface area contributed by atoms with E-state index >= 15 is 0 Å². The SMILES string of the molecule is CC(C)N1c2cc(Nc3ncc(F)c(-c4cccc5ncccc45)n3)ccc2N(C)C(=O)C1C. The summed E-state index contributed by atoms with van der Waals surface area (Å²) in [4.78, 5) is 29.5. The molecule has 2 aromatic carbocycles. The Hall–Kier alpha value is -4.07. The lowest BCUT2D eigenvalue weighted by Gasteiger charge is -2.42. The van der Waals surface area contributed by atoms with E-state index in [-0.39, 0.29) is 29.6 Å². The van der Waals surface area contributed by atoms with Crippen LogP contribution in [0, 0.1) is 5.82 Å². The highest BCUT2D eigenvalue weighted by atomic mass is 19.1. The summed E-state index contributed by atoms with van der Waals surface area (Å²) in [6.07, 6.45) is 2.88. The zero-order valence-electron chi connectivity index (χ0n) is 19.5. The molecule has 4 aromatic rings. The quantitative estimate of drug-likeness (QED) is 0.458. The first kappa shape index (κ1) is 21.8. The topological polar surface area (TPSA) is 74.2 Å². The van der Waals surface area contributed by atoms with Crippen molar-refractivity contribution in [1.29, 1.82) is 0 Å². The molecule has 7 nitrogen and oxygen atoms in total. The van der Waals surface area contributed by atoms with E-state index in [2.05, 4.69) is 39.0 Å². The predicted molar refractivity (Wildman–Crippen MR) is 133 cm³/mol.